The van der Waals surface area contributed by atoms with E-state index in [0.717, 1.165) is 17.3 Å². The molecule has 1 aliphatic rings. The molecular weight excluding hydrogens is 220 g/mol. The van der Waals surface area contributed by atoms with Gasteiger partial charge >= 0.3 is 0 Å². The summed E-state index contributed by atoms with van der Waals surface area (Å²) < 4.78 is 10.9. The van der Waals surface area contributed by atoms with Gasteiger partial charge < -0.3 is 9.47 Å². The summed E-state index contributed by atoms with van der Waals surface area (Å²) in [6.07, 6.45) is 0. The van der Waals surface area contributed by atoms with Gasteiger partial charge in [-0.1, -0.05) is 0 Å². The number of ether oxygens (including phenoxy) is 2. The molecule has 2 nitrogen and oxygen atoms in total. The summed E-state index contributed by atoms with van der Waals surface area (Å²) in [7, 11) is 0. The Bertz CT molecular complexity index is 317. The van der Waals surface area contributed by atoms with Crippen LogP contribution in [0.2, 0.25) is 0 Å². The number of rotatable bonds is 3. The number of alkyl halides is 1. The van der Waals surface area contributed by atoms with Gasteiger partial charge in [-0.2, -0.15) is 0 Å². The standard InChI is InChI=1S/C10H11ClO2S/c11-3-6-14-8-1-2-9-10(7-8)13-5-4-12-9/h1-2,7H,3-6H2. The number of halogens is 1. The van der Waals surface area contributed by atoms with Crippen molar-refractivity contribution in [3.63, 3.8) is 0 Å². The molecule has 0 aliphatic carbocycles. The molecule has 1 aromatic carbocycles. The van der Waals surface area contributed by atoms with Crippen molar-refractivity contribution < 1.29 is 9.47 Å². The van der Waals surface area contributed by atoms with E-state index in [0.29, 0.717) is 19.1 Å². The van der Waals surface area contributed by atoms with Gasteiger partial charge in [-0.05, 0) is 18.2 Å². The van der Waals surface area contributed by atoms with Crippen molar-refractivity contribution in [1.82, 2.24) is 0 Å². The summed E-state index contributed by atoms with van der Waals surface area (Å²) in [4.78, 5) is 1.18. The van der Waals surface area contributed by atoms with E-state index in [9.17, 15) is 0 Å². The third kappa shape index (κ3) is 2.28. The molecule has 1 aromatic rings. The van der Waals surface area contributed by atoms with Gasteiger partial charge in [-0.3, -0.25) is 0 Å². The van der Waals surface area contributed by atoms with Crippen molar-refractivity contribution in [3.8, 4) is 11.5 Å². The monoisotopic (exact) mass is 230 g/mol. The Labute approximate surface area is 92.5 Å². The molecule has 0 aromatic heterocycles. The van der Waals surface area contributed by atoms with Gasteiger partial charge in [0.05, 0.1) is 0 Å². The summed E-state index contributed by atoms with van der Waals surface area (Å²) in [6, 6.07) is 5.99. The van der Waals surface area contributed by atoms with Gasteiger partial charge in [0, 0.05) is 16.5 Å². The van der Waals surface area contributed by atoms with Crippen molar-refractivity contribution in [2.24, 2.45) is 0 Å². The maximum Gasteiger partial charge on any atom is 0.162 e. The molecule has 0 unspecified atom stereocenters. The lowest BCUT2D eigenvalue weighted by Gasteiger charge is -2.18. The van der Waals surface area contributed by atoms with Crippen LogP contribution in [0, 0.1) is 0 Å². The summed E-state index contributed by atoms with van der Waals surface area (Å²) in [5.41, 5.74) is 0. The Morgan fingerprint density at radius 1 is 1.21 bits per heavy atom. The van der Waals surface area contributed by atoms with Crippen molar-refractivity contribution in [2.75, 3.05) is 24.8 Å². The first-order valence-electron chi connectivity index (χ1n) is 4.48. The average Bonchev–Trinajstić information content (AvgIpc) is 2.26. The van der Waals surface area contributed by atoms with Gasteiger partial charge in [0.2, 0.25) is 0 Å². The molecule has 0 bridgehead atoms. The van der Waals surface area contributed by atoms with Crippen molar-refractivity contribution in [1.29, 1.82) is 0 Å². The molecule has 1 aliphatic heterocycles. The third-order valence-electron chi connectivity index (χ3n) is 1.86. The van der Waals surface area contributed by atoms with Gasteiger partial charge in [0.25, 0.3) is 0 Å². The molecule has 14 heavy (non-hydrogen) atoms. The number of hydrogen-bond acceptors (Lipinski definition) is 3. The molecule has 0 fully saturated rings. The van der Waals surface area contributed by atoms with Gasteiger partial charge in [0.15, 0.2) is 11.5 Å². The lowest BCUT2D eigenvalue weighted by atomic mass is 10.3. The molecular formula is C10H11ClO2S. The topological polar surface area (TPSA) is 18.5 Å². The van der Waals surface area contributed by atoms with Crippen molar-refractivity contribution in [3.05, 3.63) is 18.2 Å². The highest BCUT2D eigenvalue weighted by molar-refractivity contribution is 7.99. The molecule has 0 N–H and O–H groups in total. The van der Waals surface area contributed by atoms with Crippen LogP contribution < -0.4 is 9.47 Å². The average molecular weight is 231 g/mol. The first-order valence-corrected chi connectivity index (χ1v) is 6.00. The molecule has 0 radical (unpaired) electrons. The molecule has 0 amide bonds. The highest BCUT2D eigenvalue weighted by atomic mass is 35.5. The molecule has 4 heteroatoms. The summed E-state index contributed by atoms with van der Waals surface area (Å²) >= 11 is 7.34. The summed E-state index contributed by atoms with van der Waals surface area (Å²) in [5.74, 6) is 3.27. The Hall–Kier alpha value is -0.540. The minimum absolute atomic E-state index is 0.636. The second-order valence-corrected chi connectivity index (χ2v) is 4.39. The lowest BCUT2D eigenvalue weighted by molar-refractivity contribution is 0.171. The number of thioether (sulfide) groups is 1. The largest absolute Gasteiger partial charge is 0.486 e. The maximum atomic E-state index is 5.62. The van der Waals surface area contributed by atoms with Crippen molar-refractivity contribution >= 4 is 23.4 Å². The Kier molecular flexibility index (Phi) is 3.43. The van der Waals surface area contributed by atoms with E-state index in [-0.39, 0.29) is 0 Å². The van der Waals surface area contributed by atoms with Gasteiger partial charge in [0.1, 0.15) is 13.2 Å². The third-order valence-corrected chi connectivity index (χ3v) is 3.27. The quantitative estimate of drug-likeness (QED) is 0.588. The smallest absolute Gasteiger partial charge is 0.162 e. The molecule has 0 saturated carbocycles. The van der Waals surface area contributed by atoms with Gasteiger partial charge in [-0.25, -0.2) is 0 Å². The Morgan fingerprint density at radius 2 is 2.00 bits per heavy atom. The van der Waals surface area contributed by atoms with E-state index in [1.807, 2.05) is 18.2 Å². The van der Waals surface area contributed by atoms with E-state index >= 15 is 0 Å². The molecule has 1 heterocycles. The summed E-state index contributed by atoms with van der Waals surface area (Å²) in [5, 5.41) is 0. The van der Waals surface area contributed by atoms with E-state index < -0.39 is 0 Å². The van der Waals surface area contributed by atoms with Crippen LogP contribution in [0.5, 0.6) is 11.5 Å². The zero-order valence-electron chi connectivity index (χ0n) is 7.66. The van der Waals surface area contributed by atoms with Crippen LogP contribution in [-0.4, -0.2) is 24.8 Å². The van der Waals surface area contributed by atoms with Crippen LogP contribution in [0.1, 0.15) is 0 Å². The van der Waals surface area contributed by atoms with Crippen LogP contribution in [0.4, 0.5) is 0 Å². The maximum absolute atomic E-state index is 5.62. The molecule has 0 saturated heterocycles. The van der Waals surface area contributed by atoms with E-state index in [4.69, 9.17) is 21.1 Å². The zero-order chi connectivity index (χ0) is 9.80. The SMILES string of the molecule is ClCCSc1ccc2c(c1)OCCO2. The highest BCUT2D eigenvalue weighted by Crippen LogP contribution is 2.34. The van der Waals surface area contributed by atoms with Gasteiger partial charge in [-0.15, -0.1) is 23.4 Å². The Balaban J connectivity index is 2.12. The van der Waals surface area contributed by atoms with E-state index in [2.05, 4.69) is 0 Å². The molecule has 0 spiro atoms. The minimum atomic E-state index is 0.636. The Morgan fingerprint density at radius 3 is 2.79 bits per heavy atom. The van der Waals surface area contributed by atoms with Crippen LogP contribution in [0.3, 0.4) is 0 Å². The molecule has 76 valence electrons. The van der Waals surface area contributed by atoms with Crippen LogP contribution in [0.25, 0.3) is 0 Å². The lowest BCUT2D eigenvalue weighted by Crippen LogP contribution is -2.15. The first-order chi connectivity index (χ1) is 6.90. The summed E-state index contributed by atoms with van der Waals surface area (Å²) in [6.45, 7) is 1.28. The van der Waals surface area contributed by atoms with E-state index in [1.54, 1.807) is 11.8 Å². The van der Waals surface area contributed by atoms with Crippen LogP contribution in [-0.2, 0) is 0 Å². The first kappa shape index (κ1) is 9.99. The number of hydrogen-bond donors (Lipinski definition) is 0. The normalized spacial score (nSPS) is 14.1. The fourth-order valence-corrected chi connectivity index (χ4v) is 2.17. The van der Waals surface area contributed by atoms with Crippen LogP contribution in [0.15, 0.2) is 23.1 Å². The molecule has 0 atom stereocenters. The minimum Gasteiger partial charge on any atom is -0.486 e. The van der Waals surface area contributed by atoms with E-state index in [1.165, 1.54) is 4.90 Å². The fraction of sp³-hybridized carbons (Fsp3) is 0.400. The second kappa shape index (κ2) is 4.80. The zero-order valence-corrected chi connectivity index (χ0v) is 9.24. The van der Waals surface area contributed by atoms with Crippen molar-refractivity contribution in [2.45, 2.75) is 4.90 Å². The predicted molar refractivity (Wildman–Crippen MR) is 58.9 cm³/mol. The predicted octanol–water partition coefficient (Wildman–Crippen LogP) is 2.79. The fourth-order valence-electron chi connectivity index (χ4n) is 1.27. The molecule has 2 rings (SSSR count). The second-order valence-electron chi connectivity index (χ2n) is 2.84. The highest BCUT2D eigenvalue weighted by Gasteiger charge is 2.11. The number of benzene rings is 1. The van der Waals surface area contributed by atoms with Crippen LogP contribution >= 0.6 is 23.4 Å². The number of fused-ring (bicyclic) bond motifs is 1.